The number of halogens is 1. The first-order chi connectivity index (χ1) is 16.0. The molecule has 4 rings (SSSR count). The summed E-state index contributed by atoms with van der Waals surface area (Å²) in [5, 5.41) is 11.8. The number of amides is 1. The number of rotatable bonds is 7. The zero-order valence-corrected chi connectivity index (χ0v) is 19.0. The van der Waals surface area contributed by atoms with Crippen LogP contribution in [0.1, 0.15) is 36.1 Å². The second-order valence-electron chi connectivity index (χ2n) is 7.84. The van der Waals surface area contributed by atoms with Crippen LogP contribution < -0.4 is 4.74 Å². The second-order valence-corrected chi connectivity index (χ2v) is 8.28. The maximum Gasteiger partial charge on any atom is 0.295 e. The summed E-state index contributed by atoms with van der Waals surface area (Å²) in [6, 6.07) is 22.5. The number of Topliss-reactive ketones (excluding diaryl/α,β-unsaturated/α-hetero) is 1. The van der Waals surface area contributed by atoms with Gasteiger partial charge in [-0.3, -0.25) is 9.59 Å². The van der Waals surface area contributed by atoms with E-state index in [4.69, 9.17) is 16.3 Å². The first-order valence-corrected chi connectivity index (χ1v) is 11.2. The van der Waals surface area contributed by atoms with E-state index in [1.807, 2.05) is 37.3 Å². The van der Waals surface area contributed by atoms with Crippen LogP contribution in [0, 0.1) is 0 Å². The van der Waals surface area contributed by atoms with Gasteiger partial charge in [0.05, 0.1) is 18.2 Å². The maximum absolute atomic E-state index is 13.2. The number of benzene rings is 3. The zero-order chi connectivity index (χ0) is 23.4. The molecule has 0 radical (unpaired) electrons. The first-order valence-electron chi connectivity index (χ1n) is 10.8. The molecular formula is C27H24ClNO4. The minimum atomic E-state index is -0.748. The third kappa shape index (κ3) is 4.78. The van der Waals surface area contributed by atoms with E-state index in [1.54, 1.807) is 48.5 Å². The Hall–Kier alpha value is -3.57. The molecule has 1 aliphatic heterocycles. The van der Waals surface area contributed by atoms with Crippen LogP contribution in [0.4, 0.5) is 0 Å². The van der Waals surface area contributed by atoms with E-state index in [2.05, 4.69) is 0 Å². The molecule has 1 atom stereocenters. The lowest BCUT2D eigenvalue weighted by atomic mass is 9.95. The second kappa shape index (κ2) is 9.92. The molecule has 1 unspecified atom stereocenters. The van der Waals surface area contributed by atoms with E-state index in [-0.39, 0.29) is 17.9 Å². The summed E-state index contributed by atoms with van der Waals surface area (Å²) < 4.78 is 5.67. The Morgan fingerprint density at radius 1 is 1.00 bits per heavy atom. The summed E-state index contributed by atoms with van der Waals surface area (Å²) in [6.07, 6.45) is 0.845. The highest BCUT2D eigenvalue weighted by atomic mass is 35.5. The lowest BCUT2D eigenvalue weighted by molar-refractivity contribution is -0.140. The lowest BCUT2D eigenvalue weighted by Gasteiger charge is -2.25. The van der Waals surface area contributed by atoms with E-state index >= 15 is 0 Å². The molecule has 1 amide bonds. The van der Waals surface area contributed by atoms with Crippen molar-refractivity contribution in [1.29, 1.82) is 0 Å². The van der Waals surface area contributed by atoms with Crippen molar-refractivity contribution in [2.24, 2.45) is 0 Å². The van der Waals surface area contributed by atoms with Gasteiger partial charge in [0.1, 0.15) is 11.5 Å². The van der Waals surface area contributed by atoms with Gasteiger partial charge in [-0.25, -0.2) is 0 Å². The molecule has 3 aromatic carbocycles. The molecule has 33 heavy (non-hydrogen) atoms. The summed E-state index contributed by atoms with van der Waals surface area (Å²) in [5.41, 5.74) is 2.04. The third-order valence-electron chi connectivity index (χ3n) is 5.50. The standard InChI is InChI=1S/C27H24ClNO4/c1-2-15-33-22-10-6-9-20(16-22)25(30)23-24(19-11-13-21(28)14-12-19)29(27(32)26(23)31)17-18-7-4-3-5-8-18/h3-14,16,24,30H,2,15,17H2,1H3. The molecule has 1 N–H and O–H groups in total. The van der Waals surface area contributed by atoms with Gasteiger partial charge < -0.3 is 14.7 Å². The number of hydrogen-bond donors (Lipinski definition) is 1. The molecule has 1 saturated heterocycles. The predicted molar refractivity (Wildman–Crippen MR) is 128 cm³/mol. The van der Waals surface area contributed by atoms with Gasteiger partial charge in [0.25, 0.3) is 11.7 Å². The fourth-order valence-electron chi connectivity index (χ4n) is 3.92. The number of ketones is 1. The van der Waals surface area contributed by atoms with Crippen LogP contribution in [0.3, 0.4) is 0 Å². The van der Waals surface area contributed by atoms with Gasteiger partial charge in [0.2, 0.25) is 0 Å². The zero-order valence-electron chi connectivity index (χ0n) is 18.2. The number of likely N-dealkylation sites (tertiary alicyclic amines) is 1. The average Bonchev–Trinajstić information content (AvgIpc) is 3.08. The minimum absolute atomic E-state index is 0.0471. The van der Waals surface area contributed by atoms with Gasteiger partial charge in [-0.2, -0.15) is 0 Å². The van der Waals surface area contributed by atoms with E-state index < -0.39 is 17.7 Å². The van der Waals surface area contributed by atoms with Gasteiger partial charge >= 0.3 is 0 Å². The quantitative estimate of drug-likeness (QED) is 0.276. The maximum atomic E-state index is 13.2. The summed E-state index contributed by atoms with van der Waals surface area (Å²) in [4.78, 5) is 27.7. The Labute approximate surface area is 197 Å². The fourth-order valence-corrected chi connectivity index (χ4v) is 4.05. The molecule has 0 aromatic heterocycles. The topological polar surface area (TPSA) is 66.8 Å². The largest absolute Gasteiger partial charge is 0.507 e. The molecule has 5 nitrogen and oxygen atoms in total. The summed E-state index contributed by atoms with van der Waals surface area (Å²) >= 11 is 6.07. The van der Waals surface area contributed by atoms with Gasteiger partial charge in [-0.1, -0.05) is 73.1 Å². The Bertz CT molecular complexity index is 1190. The van der Waals surface area contributed by atoms with Crippen LogP contribution in [-0.4, -0.2) is 28.3 Å². The highest BCUT2D eigenvalue weighted by Gasteiger charge is 2.46. The van der Waals surface area contributed by atoms with Gasteiger partial charge in [0.15, 0.2) is 0 Å². The van der Waals surface area contributed by atoms with Crippen LogP contribution in [0.15, 0.2) is 84.4 Å². The molecule has 1 heterocycles. The van der Waals surface area contributed by atoms with Crippen molar-refractivity contribution >= 4 is 29.1 Å². The van der Waals surface area contributed by atoms with Crippen molar-refractivity contribution in [1.82, 2.24) is 4.90 Å². The SMILES string of the molecule is CCCOc1cccc(C(O)=C2C(=O)C(=O)N(Cc3ccccc3)C2c2ccc(Cl)cc2)c1. The predicted octanol–water partition coefficient (Wildman–Crippen LogP) is 5.75. The summed E-state index contributed by atoms with van der Waals surface area (Å²) in [5.74, 6) is -1.02. The molecule has 1 aliphatic rings. The number of carbonyl (C=O) groups is 2. The minimum Gasteiger partial charge on any atom is -0.507 e. The average molecular weight is 462 g/mol. The number of carbonyl (C=O) groups excluding carboxylic acids is 2. The van der Waals surface area contributed by atoms with Crippen molar-refractivity contribution in [2.75, 3.05) is 6.61 Å². The van der Waals surface area contributed by atoms with Crippen LogP contribution >= 0.6 is 11.6 Å². The van der Waals surface area contributed by atoms with Crippen LogP contribution in [0.2, 0.25) is 5.02 Å². The first kappa shape index (κ1) is 22.6. The third-order valence-corrected chi connectivity index (χ3v) is 5.75. The molecule has 6 heteroatoms. The molecular weight excluding hydrogens is 438 g/mol. The van der Waals surface area contributed by atoms with Gasteiger partial charge in [-0.05, 0) is 41.8 Å². The highest BCUT2D eigenvalue weighted by Crippen LogP contribution is 2.40. The van der Waals surface area contributed by atoms with Crippen molar-refractivity contribution < 1.29 is 19.4 Å². The number of aliphatic hydroxyl groups is 1. The number of ether oxygens (including phenoxy) is 1. The summed E-state index contributed by atoms with van der Waals surface area (Å²) in [7, 11) is 0. The smallest absolute Gasteiger partial charge is 0.295 e. The monoisotopic (exact) mass is 461 g/mol. The Morgan fingerprint density at radius 2 is 1.73 bits per heavy atom. The Kier molecular flexibility index (Phi) is 6.80. The van der Waals surface area contributed by atoms with Crippen molar-refractivity contribution in [3.05, 3.63) is 106 Å². The van der Waals surface area contributed by atoms with Crippen LogP contribution in [-0.2, 0) is 16.1 Å². The van der Waals surface area contributed by atoms with E-state index in [1.165, 1.54) is 4.90 Å². The molecule has 168 valence electrons. The molecule has 0 saturated carbocycles. The Balaban J connectivity index is 1.81. The van der Waals surface area contributed by atoms with E-state index in [0.29, 0.717) is 28.5 Å². The molecule has 0 bridgehead atoms. The van der Waals surface area contributed by atoms with Crippen LogP contribution in [0.5, 0.6) is 5.75 Å². The molecule has 0 aliphatic carbocycles. The number of nitrogens with zero attached hydrogens (tertiary/aromatic N) is 1. The van der Waals surface area contributed by atoms with E-state index in [9.17, 15) is 14.7 Å². The number of aliphatic hydroxyl groups excluding tert-OH is 1. The van der Waals surface area contributed by atoms with E-state index in [0.717, 1.165) is 12.0 Å². The van der Waals surface area contributed by atoms with Crippen LogP contribution in [0.25, 0.3) is 5.76 Å². The van der Waals surface area contributed by atoms with Gasteiger partial charge in [-0.15, -0.1) is 0 Å². The normalized spacial score (nSPS) is 17.4. The molecule has 0 spiro atoms. The highest BCUT2D eigenvalue weighted by molar-refractivity contribution is 6.46. The van der Waals surface area contributed by atoms with Crippen molar-refractivity contribution in [2.45, 2.75) is 25.9 Å². The fraction of sp³-hybridized carbons (Fsp3) is 0.185. The van der Waals surface area contributed by atoms with Crippen molar-refractivity contribution in [3.8, 4) is 5.75 Å². The Morgan fingerprint density at radius 3 is 2.42 bits per heavy atom. The number of hydrogen-bond acceptors (Lipinski definition) is 4. The summed E-state index contributed by atoms with van der Waals surface area (Å²) in [6.45, 7) is 2.77. The van der Waals surface area contributed by atoms with Crippen molar-refractivity contribution in [3.63, 3.8) is 0 Å². The molecule has 3 aromatic rings. The lowest BCUT2D eigenvalue weighted by Crippen LogP contribution is -2.29. The molecule has 1 fully saturated rings. The van der Waals surface area contributed by atoms with Gasteiger partial charge in [0, 0.05) is 17.1 Å².